The number of rotatable bonds is 9. The first-order chi connectivity index (χ1) is 16.5. The summed E-state index contributed by atoms with van der Waals surface area (Å²) >= 11 is 0. The molecule has 0 saturated carbocycles. The predicted octanol–water partition coefficient (Wildman–Crippen LogP) is 6.12. The van der Waals surface area contributed by atoms with Gasteiger partial charge >= 0.3 is 5.97 Å². The molecule has 4 rings (SSSR count). The van der Waals surface area contributed by atoms with Crippen molar-refractivity contribution in [1.29, 1.82) is 0 Å². The number of benzene rings is 3. The van der Waals surface area contributed by atoms with Gasteiger partial charge in [0.15, 0.2) is 11.4 Å². The van der Waals surface area contributed by atoms with Crippen molar-refractivity contribution in [3.05, 3.63) is 119 Å². The summed E-state index contributed by atoms with van der Waals surface area (Å²) in [5, 5.41) is 11.2. The molecule has 174 valence electrons. The zero-order chi connectivity index (χ0) is 24.0. The molecule has 0 spiro atoms. The zero-order valence-electron chi connectivity index (χ0n) is 19.4. The van der Waals surface area contributed by atoms with Crippen LogP contribution in [0.1, 0.15) is 48.8 Å². The van der Waals surface area contributed by atoms with Crippen molar-refractivity contribution in [3.63, 3.8) is 0 Å². The van der Waals surface area contributed by atoms with Crippen molar-refractivity contribution in [2.24, 2.45) is 0 Å². The summed E-state index contributed by atoms with van der Waals surface area (Å²) in [7, 11) is 0. The molecule has 34 heavy (non-hydrogen) atoms. The third-order valence-corrected chi connectivity index (χ3v) is 6.49. The molecule has 2 unspecified atom stereocenters. The Bertz CT molecular complexity index is 1150. The van der Waals surface area contributed by atoms with Gasteiger partial charge < -0.3 is 9.84 Å². The smallest absolute Gasteiger partial charge is 0.339 e. The third kappa shape index (κ3) is 4.96. The minimum absolute atomic E-state index is 0.0620. The molecule has 1 aliphatic rings. The normalized spacial score (nSPS) is 19.1. The zero-order valence-corrected chi connectivity index (χ0v) is 19.4. The molecular formula is C30H30O4. The second kappa shape index (κ2) is 10.5. The van der Waals surface area contributed by atoms with Gasteiger partial charge in [-0.05, 0) is 36.0 Å². The Balaban J connectivity index is 1.71. The van der Waals surface area contributed by atoms with Gasteiger partial charge in [-0.3, -0.25) is 4.79 Å². The monoisotopic (exact) mass is 454 g/mol. The van der Waals surface area contributed by atoms with Crippen molar-refractivity contribution < 1.29 is 19.4 Å². The van der Waals surface area contributed by atoms with E-state index >= 15 is 0 Å². The van der Waals surface area contributed by atoms with Crippen molar-refractivity contribution >= 4 is 11.8 Å². The van der Waals surface area contributed by atoms with Gasteiger partial charge in [0.1, 0.15) is 0 Å². The molecule has 0 aromatic heterocycles. The molecule has 0 bridgehead atoms. The van der Waals surface area contributed by atoms with Crippen LogP contribution in [0.3, 0.4) is 0 Å². The summed E-state index contributed by atoms with van der Waals surface area (Å²) in [4.78, 5) is 27.1. The van der Waals surface area contributed by atoms with Crippen LogP contribution in [-0.4, -0.2) is 22.5 Å². The maximum atomic E-state index is 13.6. The van der Waals surface area contributed by atoms with Gasteiger partial charge in [0, 0.05) is 12.3 Å². The summed E-state index contributed by atoms with van der Waals surface area (Å²) in [6.45, 7) is 1.94. The third-order valence-electron chi connectivity index (χ3n) is 6.49. The molecule has 4 nitrogen and oxygen atoms in total. The van der Waals surface area contributed by atoms with Crippen molar-refractivity contribution in [2.75, 3.05) is 0 Å². The van der Waals surface area contributed by atoms with Gasteiger partial charge in [0.25, 0.3) is 0 Å². The first-order valence-corrected chi connectivity index (χ1v) is 11.9. The SMILES string of the molecule is CCCC1(Cc2ccccc2)OC(=O)C(C(CCc2ccccc2)c2ccccc2)=C(O)C1=O. The highest BCUT2D eigenvalue weighted by Crippen LogP contribution is 2.40. The maximum Gasteiger partial charge on any atom is 0.339 e. The molecule has 4 heteroatoms. The number of hydrogen-bond acceptors (Lipinski definition) is 4. The number of esters is 1. The fourth-order valence-electron chi connectivity index (χ4n) is 4.84. The van der Waals surface area contributed by atoms with Gasteiger partial charge in [0.2, 0.25) is 5.78 Å². The van der Waals surface area contributed by atoms with Gasteiger partial charge in [-0.25, -0.2) is 4.79 Å². The molecule has 0 amide bonds. The van der Waals surface area contributed by atoms with Crippen molar-refractivity contribution in [3.8, 4) is 0 Å². The van der Waals surface area contributed by atoms with Gasteiger partial charge in [-0.15, -0.1) is 0 Å². The summed E-state index contributed by atoms with van der Waals surface area (Å²) in [5.74, 6) is -2.02. The number of carbonyl (C=O) groups is 2. The molecule has 1 heterocycles. The van der Waals surface area contributed by atoms with Crippen LogP contribution in [0.2, 0.25) is 0 Å². The van der Waals surface area contributed by atoms with E-state index in [-0.39, 0.29) is 12.0 Å². The summed E-state index contributed by atoms with van der Waals surface area (Å²) in [6, 6.07) is 29.0. The van der Waals surface area contributed by atoms with Gasteiger partial charge in [0.05, 0.1) is 5.57 Å². The van der Waals surface area contributed by atoms with E-state index in [1.165, 1.54) is 0 Å². The van der Waals surface area contributed by atoms with E-state index in [1.54, 1.807) is 0 Å². The van der Waals surface area contributed by atoms with Crippen LogP contribution >= 0.6 is 0 Å². The average Bonchev–Trinajstić information content (AvgIpc) is 2.86. The van der Waals surface area contributed by atoms with E-state index in [2.05, 4.69) is 0 Å². The quantitative estimate of drug-likeness (QED) is 0.396. The highest BCUT2D eigenvalue weighted by Gasteiger charge is 2.50. The largest absolute Gasteiger partial charge is 0.504 e. The van der Waals surface area contributed by atoms with E-state index in [0.717, 1.165) is 16.7 Å². The molecule has 0 aliphatic carbocycles. The fraction of sp³-hybridized carbons (Fsp3) is 0.267. The minimum atomic E-state index is -1.39. The number of ether oxygens (including phenoxy) is 1. The maximum absolute atomic E-state index is 13.6. The van der Waals surface area contributed by atoms with Crippen LogP contribution in [0.4, 0.5) is 0 Å². The van der Waals surface area contributed by atoms with E-state index in [1.807, 2.05) is 97.9 Å². The number of cyclic esters (lactones) is 1. The Morgan fingerprint density at radius 2 is 1.38 bits per heavy atom. The lowest BCUT2D eigenvalue weighted by Crippen LogP contribution is -2.50. The van der Waals surface area contributed by atoms with Crippen molar-refractivity contribution in [2.45, 2.75) is 50.5 Å². The second-order valence-corrected chi connectivity index (χ2v) is 8.88. The molecule has 2 atom stereocenters. The molecule has 3 aromatic rings. The Labute approximate surface area is 200 Å². The van der Waals surface area contributed by atoms with Crippen LogP contribution in [0, 0.1) is 0 Å². The van der Waals surface area contributed by atoms with Crippen LogP contribution < -0.4 is 0 Å². The Morgan fingerprint density at radius 1 is 0.824 bits per heavy atom. The molecule has 0 radical (unpaired) electrons. The second-order valence-electron chi connectivity index (χ2n) is 8.88. The van der Waals surface area contributed by atoms with Crippen LogP contribution in [0.5, 0.6) is 0 Å². The lowest BCUT2D eigenvalue weighted by atomic mass is 9.78. The number of ketones is 1. The predicted molar refractivity (Wildman–Crippen MR) is 132 cm³/mol. The Kier molecular flexibility index (Phi) is 7.27. The summed E-state index contributed by atoms with van der Waals surface area (Å²) < 4.78 is 5.96. The topological polar surface area (TPSA) is 63.6 Å². The summed E-state index contributed by atoms with van der Waals surface area (Å²) in [6.07, 6.45) is 2.50. The highest BCUT2D eigenvalue weighted by molar-refractivity contribution is 6.11. The number of aliphatic hydroxyl groups is 1. The van der Waals surface area contributed by atoms with Gasteiger partial charge in [-0.1, -0.05) is 104 Å². The lowest BCUT2D eigenvalue weighted by Gasteiger charge is -2.37. The fourth-order valence-corrected chi connectivity index (χ4v) is 4.84. The first kappa shape index (κ1) is 23.5. The molecule has 1 N–H and O–H groups in total. The molecular weight excluding hydrogens is 424 g/mol. The number of Topliss-reactive ketones (excluding diaryl/α,β-unsaturated/α-hetero) is 1. The first-order valence-electron chi connectivity index (χ1n) is 11.9. The van der Waals surface area contributed by atoms with E-state index < -0.39 is 29.0 Å². The number of carbonyl (C=O) groups excluding carboxylic acids is 2. The number of aliphatic hydroxyl groups excluding tert-OH is 1. The average molecular weight is 455 g/mol. The summed E-state index contributed by atoms with van der Waals surface area (Å²) in [5.41, 5.74) is 1.56. The number of aryl methyl sites for hydroxylation is 1. The van der Waals surface area contributed by atoms with E-state index in [0.29, 0.717) is 25.7 Å². The van der Waals surface area contributed by atoms with E-state index in [9.17, 15) is 14.7 Å². The lowest BCUT2D eigenvalue weighted by molar-refractivity contribution is -0.168. The Hall–Kier alpha value is -3.66. The highest BCUT2D eigenvalue weighted by atomic mass is 16.6. The number of hydrogen-bond donors (Lipinski definition) is 1. The van der Waals surface area contributed by atoms with Crippen LogP contribution in [0.15, 0.2) is 102 Å². The molecule has 0 saturated heterocycles. The standard InChI is InChI=1S/C30H30O4/c1-2-20-30(21-23-14-8-4-9-15-23)28(32)27(31)26(29(33)34-30)25(24-16-10-5-11-17-24)19-18-22-12-6-3-7-13-22/h3-17,25,31H,2,18-21H2,1H3. The molecule has 1 aliphatic heterocycles. The molecule has 0 fully saturated rings. The molecule has 3 aromatic carbocycles. The minimum Gasteiger partial charge on any atom is -0.504 e. The van der Waals surface area contributed by atoms with Crippen LogP contribution in [0.25, 0.3) is 0 Å². The van der Waals surface area contributed by atoms with E-state index in [4.69, 9.17) is 4.74 Å². The van der Waals surface area contributed by atoms with Crippen molar-refractivity contribution in [1.82, 2.24) is 0 Å². The van der Waals surface area contributed by atoms with Crippen LogP contribution in [-0.2, 0) is 27.2 Å². The Morgan fingerprint density at radius 3 is 1.97 bits per heavy atom. The van der Waals surface area contributed by atoms with Gasteiger partial charge in [-0.2, -0.15) is 0 Å².